The Hall–Kier alpha value is -2.36. The molecule has 0 spiro atoms. The zero-order valence-corrected chi connectivity index (χ0v) is 28.0. The summed E-state index contributed by atoms with van der Waals surface area (Å²) in [5, 5.41) is 12.1. The largest absolute Gasteiger partial charge is 0.444 e. The van der Waals surface area contributed by atoms with E-state index in [1.165, 1.54) is 19.3 Å². The van der Waals surface area contributed by atoms with Gasteiger partial charge in [-0.25, -0.2) is 9.80 Å². The number of nitrogens with one attached hydrogen (secondary N) is 4. The van der Waals surface area contributed by atoms with E-state index in [0.29, 0.717) is 49.8 Å². The summed E-state index contributed by atoms with van der Waals surface area (Å²) in [6.45, 7) is 15.0. The van der Waals surface area contributed by atoms with Crippen LogP contribution in [-0.4, -0.2) is 65.8 Å². The molecule has 242 valence electrons. The molecule has 9 nitrogen and oxygen atoms in total. The van der Waals surface area contributed by atoms with Crippen molar-refractivity contribution in [3.63, 3.8) is 0 Å². The zero-order chi connectivity index (χ0) is 31.8. The summed E-state index contributed by atoms with van der Waals surface area (Å²) in [7, 11) is 0. The summed E-state index contributed by atoms with van der Waals surface area (Å²) in [5.41, 5.74) is 2.83. The highest BCUT2D eigenvalue weighted by Crippen LogP contribution is 2.46. The summed E-state index contributed by atoms with van der Waals surface area (Å²) in [6, 6.07) is 6.72. The van der Waals surface area contributed by atoms with Crippen LogP contribution in [-0.2, 0) is 20.7 Å². The SMILES string of the molecule is CC(CNC(=O)OC(C)(C)C)N[C@H](Cc1ccc(Cl)cc1)C(=O)NN1CCC(C(=O)NC(C)(C)C)(C2CCCCC2)CC1. The predicted molar refractivity (Wildman–Crippen MR) is 172 cm³/mol. The monoisotopic (exact) mass is 619 g/mol. The molecule has 1 aromatic rings. The number of nitrogens with zero attached hydrogens (tertiary/aromatic N) is 1. The van der Waals surface area contributed by atoms with Gasteiger partial charge in [0.05, 0.1) is 11.5 Å². The van der Waals surface area contributed by atoms with Gasteiger partial charge in [-0.3, -0.25) is 15.0 Å². The second-order valence-corrected chi connectivity index (χ2v) is 14.9. The van der Waals surface area contributed by atoms with Crippen LogP contribution in [0.15, 0.2) is 24.3 Å². The second-order valence-electron chi connectivity index (χ2n) is 14.5. The highest BCUT2D eigenvalue weighted by Gasteiger charge is 2.48. The summed E-state index contributed by atoms with van der Waals surface area (Å²) in [6.07, 6.45) is 7.15. The molecule has 1 unspecified atom stereocenters. The molecular formula is C33H54ClN5O4. The molecule has 43 heavy (non-hydrogen) atoms. The Labute approximate surface area is 263 Å². The van der Waals surface area contributed by atoms with Crippen LogP contribution in [0.25, 0.3) is 0 Å². The van der Waals surface area contributed by atoms with Gasteiger partial charge in [-0.1, -0.05) is 43.0 Å². The minimum atomic E-state index is -0.589. The van der Waals surface area contributed by atoms with Gasteiger partial charge in [-0.2, -0.15) is 0 Å². The van der Waals surface area contributed by atoms with Gasteiger partial charge in [0.1, 0.15) is 5.60 Å². The van der Waals surface area contributed by atoms with Gasteiger partial charge >= 0.3 is 6.09 Å². The lowest BCUT2D eigenvalue weighted by Gasteiger charge is -2.47. The number of carbonyl (C=O) groups is 3. The molecule has 1 saturated heterocycles. The van der Waals surface area contributed by atoms with E-state index in [1.54, 1.807) is 0 Å². The molecule has 4 N–H and O–H groups in total. The van der Waals surface area contributed by atoms with Crippen molar-refractivity contribution in [2.75, 3.05) is 19.6 Å². The molecule has 1 aromatic carbocycles. The van der Waals surface area contributed by atoms with Crippen molar-refractivity contribution in [2.24, 2.45) is 11.3 Å². The highest BCUT2D eigenvalue weighted by atomic mass is 35.5. The number of alkyl carbamates (subject to hydrolysis) is 1. The molecule has 2 fully saturated rings. The Bertz CT molecular complexity index is 1070. The van der Waals surface area contributed by atoms with Crippen LogP contribution in [0.3, 0.4) is 0 Å². The van der Waals surface area contributed by atoms with E-state index in [0.717, 1.165) is 18.4 Å². The number of ether oxygens (including phenoxy) is 1. The fraction of sp³-hybridized carbons (Fsp3) is 0.727. The Balaban J connectivity index is 1.66. The van der Waals surface area contributed by atoms with Crippen molar-refractivity contribution >= 4 is 29.5 Å². The molecule has 2 atom stereocenters. The molecule has 0 bridgehead atoms. The first-order valence-corrected chi connectivity index (χ1v) is 16.3. The Kier molecular flexibility index (Phi) is 12.3. The molecule has 1 heterocycles. The van der Waals surface area contributed by atoms with Crippen LogP contribution >= 0.6 is 11.6 Å². The van der Waals surface area contributed by atoms with Crippen molar-refractivity contribution in [3.05, 3.63) is 34.9 Å². The van der Waals surface area contributed by atoms with E-state index in [9.17, 15) is 14.4 Å². The standard InChI is InChI=1S/C33H54ClN5O4/c1-23(22-35-30(42)43-32(5,6)7)36-27(21-24-13-15-26(34)16-14-24)28(40)38-39-19-17-33(18-20-39,25-11-9-8-10-12-25)29(41)37-31(2,3)4/h13-16,23,25,27,36H,8-12,17-22H2,1-7H3,(H,35,42)(H,37,41)(H,38,40)/t23?,27-/m1/s1. The molecule has 1 aliphatic heterocycles. The smallest absolute Gasteiger partial charge is 0.407 e. The van der Waals surface area contributed by atoms with E-state index in [1.807, 2.05) is 77.7 Å². The number of benzene rings is 1. The molecule has 1 aliphatic carbocycles. The van der Waals surface area contributed by atoms with Gasteiger partial charge < -0.3 is 20.7 Å². The molecule has 10 heteroatoms. The van der Waals surface area contributed by atoms with E-state index >= 15 is 0 Å². The average molecular weight is 620 g/mol. The molecule has 0 aromatic heterocycles. The van der Waals surface area contributed by atoms with Gasteiger partial charge in [0.25, 0.3) is 5.91 Å². The molecule has 0 radical (unpaired) electrons. The van der Waals surface area contributed by atoms with Crippen LogP contribution in [0.2, 0.25) is 5.02 Å². The lowest BCUT2D eigenvalue weighted by atomic mass is 9.63. The molecule has 1 saturated carbocycles. The highest BCUT2D eigenvalue weighted by molar-refractivity contribution is 6.30. The number of hydrazine groups is 1. The maximum atomic E-state index is 13.7. The van der Waals surface area contributed by atoms with Gasteiger partial charge in [0, 0.05) is 36.2 Å². The Morgan fingerprint density at radius 3 is 2.16 bits per heavy atom. The first-order chi connectivity index (χ1) is 20.1. The van der Waals surface area contributed by atoms with Crippen LogP contribution in [0.5, 0.6) is 0 Å². The normalized spacial score (nSPS) is 19.6. The number of hydrogen-bond acceptors (Lipinski definition) is 6. The number of carbonyl (C=O) groups excluding carboxylic acids is 3. The van der Waals surface area contributed by atoms with Gasteiger partial charge in [0.2, 0.25) is 5.91 Å². The fourth-order valence-corrected chi connectivity index (χ4v) is 6.35. The maximum Gasteiger partial charge on any atom is 0.407 e. The second kappa shape index (κ2) is 15.1. The molecule has 3 rings (SSSR count). The van der Waals surface area contributed by atoms with Crippen LogP contribution in [0.4, 0.5) is 4.79 Å². The molecular weight excluding hydrogens is 566 g/mol. The number of hydrogen-bond donors (Lipinski definition) is 4. The van der Waals surface area contributed by atoms with Crippen LogP contribution in [0, 0.1) is 11.3 Å². The van der Waals surface area contributed by atoms with E-state index in [4.69, 9.17) is 16.3 Å². The lowest BCUT2D eigenvalue weighted by Crippen LogP contribution is -2.60. The van der Waals surface area contributed by atoms with E-state index < -0.39 is 23.2 Å². The average Bonchev–Trinajstić information content (AvgIpc) is 2.92. The zero-order valence-electron chi connectivity index (χ0n) is 27.3. The van der Waals surface area contributed by atoms with Crippen molar-refractivity contribution in [3.8, 4) is 0 Å². The summed E-state index contributed by atoms with van der Waals surface area (Å²) in [4.78, 5) is 39.6. The topological polar surface area (TPSA) is 112 Å². The third-order valence-electron chi connectivity index (χ3n) is 8.36. The summed E-state index contributed by atoms with van der Waals surface area (Å²) in [5.74, 6) is 0.383. The number of amides is 3. The maximum absolute atomic E-state index is 13.7. The fourth-order valence-electron chi connectivity index (χ4n) is 6.23. The number of piperidine rings is 1. The van der Waals surface area contributed by atoms with E-state index in [2.05, 4.69) is 21.4 Å². The minimum absolute atomic E-state index is 0.150. The van der Waals surface area contributed by atoms with E-state index in [-0.39, 0.29) is 23.4 Å². The van der Waals surface area contributed by atoms with Crippen LogP contribution < -0.4 is 21.4 Å². The van der Waals surface area contributed by atoms with Crippen LogP contribution in [0.1, 0.15) is 99.0 Å². The first-order valence-electron chi connectivity index (χ1n) is 15.9. The first kappa shape index (κ1) is 35.1. The Morgan fingerprint density at radius 2 is 1.60 bits per heavy atom. The van der Waals surface area contributed by atoms with Crippen molar-refractivity contribution < 1.29 is 19.1 Å². The summed E-state index contributed by atoms with van der Waals surface area (Å²) >= 11 is 6.10. The third kappa shape index (κ3) is 11.3. The lowest BCUT2D eigenvalue weighted by molar-refractivity contribution is -0.143. The molecule has 3 amide bonds. The van der Waals surface area contributed by atoms with Gasteiger partial charge in [0.15, 0.2) is 0 Å². The van der Waals surface area contributed by atoms with Crippen molar-refractivity contribution in [1.29, 1.82) is 0 Å². The third-order valence-corrected chi connectivity index (χ3v) is 8.61. The van der Waals surface area contributed by atoms with Crippen molar-refractivity contribution in [1.82, 2.24) is 26.4 Å². The molecule has 2 aliphatic rings. The van der Waals surface area contributed by atoms with Gasteiger partial charge in [-0.15, -0.1) is 0 Å². The number of halogens is 1. The minimum Gasteiger partial charge on any atom is -0.444 e. The number of rotatable bonds is 10. The summed E-state index contributed by atoms with van der Waals surface area (Å²) < 4.78 is 5.35. The van der Waals surface area contributed by atoms with Crippen molar-refractivity contribution in [2.45, 2.75) is 123 Å². The predicted octanol–water partition coefficient (Wildman–Crippen LogP) is 5.36. The Morgan fingerprint density at radius 1 is 1.00 bits per heavy atom. The van der Waals surface area contributed by atoms with Gasteiger partial charge in [-0.05, 0) is 104 Å². The quantitative estimate of drug-likeness (QED) is 0.280.